The van der Waals surface area contributed by atoms with Gasteiger partial charge in [0.15, 0.2) is 5.13 Å². The molecule has 2 fully saturated rings. The maximum atomic E-state index is 10.4. The summed E-state index contributed by atoms with van der Waals surface area (Å²) in [7, 11) is 0. The monoisotopic (exact) mass is 306 g/mol. The number of rotatable bonds is 1. The fourth-order valence-corrected chi connectivity index (χ4v) is 5.84. The first-order valence-corrected chi connectivity index (χ1v) is 9.29. The summed E-state index contributed by atoms with van der Waals surface area (Å²) in [6, 6.07) is 0.719. The fourth-order valence-electron chi connectivity index (χ4n) is 4.69. The fraction of sp³-hybridized carbons (Fsp3) is 0.824. The molecule has 4 rings (SSSR count). The molecule has 1 saturated heterocycles. The molecule has 4 heteroatoms. The van der Waals surface area contributed by atoms with Gasteiger partial charge in [0.1, 0.15) is 0 Å². The Hall–Kier alpha value is -0.610. The molecule has 3 unspecified atom stereocenters. The Balaban J connectivity index is 1.65. The molecule has 0 amide bonds. The summed E-state index contributed by atoms with van der Waals surface area (Å²) in [5.74, 6) is 0.890. The van der Waals surface area contributed by atoms with E-state index in [1.165, 1.54) is 42.9 Å². The predicted molar refractivity (Wildman–Crippen MR) is 86.9 cm³/mol. The highest BCUT2D eigenvalue weighted by Crippen LogP contribution is 2.47. The van der Waals surface area contributed by atoms with Crippen LogP contribution in [-0.4, -0.2) is 22.7 Å². The summed E-state index contributed by atoms with van der Waals surface area (Å²) in [5, 5.41) is 11.6. The number of aromatic nitrogens is 1. The Kier molecular flexibility index (Phi) is 3.30. The lowest BCUT2D eigenvalue weighted by atomic mass is 9.77. The third kappa shape index (κ3) is 2.40. The van der Waals surface area contributed by atoms with Crippen molar-refractivity contribution in [2.45, 2.75) is 70.9 Å². The lowest BCUT2D eigenvalue weighted by Gasteiger charge is -2.37. The van der Waals surface area contributed by atoms with Crippen LogP contribution in [0.2, 0.25) is 0 Å². The van der Waals surface area contributed by atoms with Gasteiger partial charge in [-0.05, 0) is 49.9 Å². The smallest absolute Gasteiger partial charge is 0.186 e. The van der Waals surface area contributed by atoms with Crippen molar-refractivity contribution in [3.8, 4) is 0 Å². The van der Waals surface area contributed by atoms with Crippen LogP contribution in [0.15, 0.2) is 0 Å². The second-order valence-electron chi connectivity index (χ2n) is 7.96. The molecule has 116 valence electrons. The molecule has 3 nitrogen and oxygen atoms in total. The quantitative estimate of drug-likeness (QED) is 0.854. The van der Waals surface area contributed by atoms with Crippen LogP contribution in [0.3, 0.4) is 0 Å². The molecule has 1 aliphatic heterocycles. The van der Waals surface area contributed by atoms with Gasteiger partial charge in [-0.3, -0.25) is 0 Å². The first-order chi connectivity index (χ1) is 10.0. The first kappa shape index (κ1) is 14.0. The van der Waals surface area contributed by atoms with Gasteiger partial charge in [0, 0.05) is 12.6 Å². The number of thiazole rings is 1. The molecule has 2 heterocycles. The average molecular weight is 306 g/mol. The minimum Gasteiger partial charge on any atom is -0.387 e. The number of anilines is 1. The van der Waals surface area contributed by atoms with Gasteiger partial charge in [0.2, 0.25) is 0 Å². The van der Waals surface area contributed by atoms with Crippen LogP contribution in [0.25, 0.3) is 0 Å². The number of aliphatic hydroxyl groups excluding tert-OH is 1. The summed E-state index contributed by atoms with van der Waals surface area (Å²) in [5.41, 5.74) is 1.34. The molecular formula is C17H26N2OS. The maximum Gasteiger partial charge on any atom is 0.186 e. The summed E-state index contributed by atoms with van der Waals surface area (Å²) in [6.45, 7) is 5.64. The Morgan fingerprint density at radius 2 is 2.05 bits per heavy atom. The van der Waals surface area contributed by atoms with Gasteiger partial charge in [0.25, 0.3) is 0 Å². The molecule has 21 heavy (non-hydrogen) atoms. The van der Waals surface area contributed by atoms with E-state index in [1.54, 1.807) is 11.3 Å². The largest absolute Gasteiger partial charge is 0.387 e. The van der Waals surface area contributed by atoms with Crippen molar-refractivity contribution in [2.75, 3.05) is 11.4 Å². The Morgan fingerprint density at radius 1 is 1.24 bits per heavy atom. The highest BCUT2D eigenvalue weighted by atomic mass is 32.1. The van der Waals surface area contributed by atoms with Crippen molar-refractivity contribution in [3.63, 3.8) is 0 Å². The molecule has 3 atom stereocenters. The van der Waals surface area contributed by atoms with Crippen LogP contribution < -0.4 is 4.90 Å². The van der Waals surface area contributed by atoms with E-state index >= 15 is 0 Å². The molecular weight excluding hydrogens is 280 g/mol. The zero-order valence-corrected chi connectivity index (χ0v) is 14.0. The number of fused-ring (bicyclic) bond motifs is 2. The third-order valence-corrected chi connectivity index (χ3v) is 6.89. The summed E-state index contributed by atoms with van der Waals surface area (Å²) >= 11 is 1.76. The topological polar surface area (TPSA) is 36.4 Å². The molecule has 1 saturated carbocycles. The van der Waals surface area contributed by atoms with Gasteiger partial charge in [-0.25, -0.2) is 4.98 Å². The van der Waals surface area contributed by atoms with Gasteiger partial charge in [-0.1, -0.05) is 31.6 Å². The van der Waals surface area contributed by atoms with Crippen molar-refractivity contribution < 1.29 is 5.11 Å². The number of hydrogen-bond donors (Lipinski definition) is 1. The molecule has 1 N–H and O–H groups in total. The van der Waals surface area contributed by atoms with E-state index in [-0.39, 0.29) is 11.5 Å². The molecule has 1 aromatic heterocycles. The standard InChI is InChI=1S/C17H26N2OS/c1-17(2)9-12-15(14(20)10-17)21-16(18-12)19-8-4-6-11-5-3-7-13(11)19/h11,13-14,20H,3-10H2,1-2H3. The molecule has 2 aliphatic carbocycles. The highest BCUT2D eigenvalue weighted by Gasteiger charge is 2.39. The van der Waals surface area contributed by atoms with Crippen LogP contribution >= 0.6 is 11.3 Å². The van der Waals surface area contributed by atoms with Crippen LogP contribution in [0.4, 0.5) is 5.13 Å². The minimum absolute atomic E-state index is 0.176. The number of piperidine rings is 1. The maximum absolute atomic E-state index is 10.4. The van der Waals surface area contributed by atoms with Crippen molar-refractivity contribution in [2.24, 2.45) is 11.3 Å². The zero-order valence-electron chi connectivity index (χ0n) is 13.1. The molecule has 0 bridgehead atoms. The van der Waals surface area contributed by atoms with Crippen molar-refractivity contribution >= 4 is 16.5 Å². The van der Waals surface area contributed by atoms with Gasteiger partial charge in [-0.15, -0.1) is 0 Å². The molecule has 0 radical (unpaired) electrons. The molecule has 1 aromatic rings. The second-order valence-corrected chi connectivity index (χ2v) is 8.97. The Bertz CT molecular complexity index is 539. The van der Waals surface area contributed by atoms with Crippen LogP contribution in [0.1, 0.15) is 69.0 Å². The van der Waals surface area contributed by atoms with E-state index in [9.17, 15) is 5.11 Å². The van der Waals surface area contributed by atoms with E-state index < -0.39 is 0 Å². The minimum atomic E-state index is -0.306. The van der Waals surface area contributed by atoms with Crippen molar-refractivity contribution in [3.05, 3.63) is 10.6 Å². The van der Waals surface area contributed by atoms with Gasteiger partial charge in [-0.2, -0.15) is 0 Å². The van der Waals surface area contributed by atoms with Gasteiger partial charge >= 0.3 is 0 Å². The molecule has 0 aromatic carbocycles. The number of nitrogens with zero attached hydrogens (tertiary/aromatic N) is 2. The molecule has 0 spiro atoms. The van der Waals surface area contributed by atoms with Gasteiger partial charge in [0.05, 0.1) is 16.7 Å². The van der Waals surface area contributed by atoms with E-state index in [1.807, 2.05) is 0 Å². The zero-order chi connectivity index (χ0) is 14.6. The summed E-state index contributed by atoms with van der Waals surface area (Å²) in [4.78, 5) is 8.68. The first-order valence-electron chi connectivity index (χ1n) is 8.48. The summed E-state index contributed by atoms with van der Waals surface area (Å²) in [6.07, 6.45) is 8.41. The Labute approximate surface area is 131 Å². The van der Waals surface area contributed by atoms with Crippen LogP contribution in [-0.2, 0) is 6.42 Å². The van der Waals surface area contributed by atoms with Crippen molar-refractivity contribution in [1.82, 2.24) is 4.98 Å². The van der Waals surface area contributed by atoms with E-state index in [0.29, 0.717) is 0 Å². The Morgan fingerprint density at radius 3 is 2.90 bits per heavy atom. The SMILES string of the molecule is CC1(C)Cc2nc(N3CCCC4CCCC43)sc2C(O)C1. The number of aliphatic hydroxyl groups is 1. The lowest BCUT2D eigenvalue weighted by molar-refractivity contribution is 0.102. The van der Waals surface area contributed by atoms with Gasteiger partial charge < -0.3 is 10.0 Å². The highest BCUT2D eigenvalue weighted by molar-refractivity contribution is 7.15. The predicted octanol–water partition coefficient (Wildman–Crippen LogP) is 3.92. The number of hydrogen-bond acceptors (Lipinski definition) is 4. The molecule has 3 aliphatic rings. The van der Waals surface area contributed by atoms with E-state index in [0.717, 1.165) is 36.2 Å². The van der Waals surface area contributed by atoms with Crippen LogP contribution in [0.5, 0.6) is 0 Å². The van der Waals surface area contributed by atoms with E-state index in [4.69, 9.17) is 4.98 Å². The second kappa shape index (κ2) is 4.95. The van der Waals surface area contributed by atoms with E-state index in [2.05, 4.69) is 18.7 Å². The van der Waals surface area contributed by atoms with Crippen molar-refractivity contribution in [1.29, 1.82) is 0 Å². The van der Waals surface area contributed by atoms with Crippen LogP contribution in [0, 0.1) is 11.3 Å². The normalized spacial score (nSPS) is 34.6. The third-order valence-electron chi connectivity index (χ3n) is 5.65. The lowest BCUT2D eigenvalue weighted by Crippen LogP contribution is -2.42. The average Bonchev–Trinajstić information content (AvgIpc) is 3.02. The summed E-state index contributed by atoms with van der Waals surface area (Å²) < 4.78 is 0.